The van der Waals surface area contributed by atoms with Crippen molar-refractivity contribution in [2.24, 2.45) is 5.16 Å². The van der Waals surface area contributed by atoms with Crippen molar-refractivity contribution in [1.82, 2.24) is 4.98 Å². The molecular formula is C20H17N3O5S. The number of nitrogens with zero attached hydrogens (tertiary/aromatic N) is 2. The fourth-order valence-electron chi connectivity index (χ4n) is 2.74. The molecule has 9 heteroatoms. The lowest BCUT2D eigenvalue weighted by Gasteiger charge is -2.29. The number of carboxylic acid groups (broad SMARTS) is 1. The number of nitrogens with two attached hydrogens (primary N) is 1. The zero-order valence-electron chi connectivity index (χ0n) is 15.3. The number of thiazole rings is 1. The predicted molar refractivity (Wildman–Crippen MR) is 107 cm³/mol. The van der Waals surface area contributed by atoms with Crippen molar-refractivity contribution >= 4 is 34.1 Å². The summed E-state index contributed by atoms with van der Waals surface area (Å²) in [5.41, 5.74) is 4.16. The van der Waals surface area contributed by atoms with Gasteiger partial charge in [0.05, 0.1) is 7.11 Å². The number of ether oxygens (including phenoxy) is 1. The van der Waals surface area contributed by atoms with Crippen molar-refractivity contribution in [2.45, 2.75) is 5.60 Å². The first-order valence-corrected chi connectivity index (χ1v) is 9.27. The van der Waals surface area contributed by atoms with Crippen LogP contribution >= 0.6 is 11.3 Å². The molecule has 0 aliphatic heterocycles. The second-order valence-corrected chi connectivity index (χ2v) is 6.70. The van der Waals surface area contributed by atoms with Crippen molar-refractivity contribution in [3.05, 3.63) is 82.9 Å². The first-order valence-electron chi connectivity index (χ1n) is 8.39. The number of aliphatic carboxylic acids is 1. The summed E-state index contributed by atoms with van der Waals surface area (Å²) in [5, 5.41) is 15.0. The van der Waals surface area contributed by atoms with Gasteiger partial charge in [-0.3, -0.25) is 0 Å². The molecule has 8 nitrogen and oxygen atoms in total. The lowest BCUT2D eigenvalue weighted by molar-refractivity contribution is -0.165. The number of benzene rings is 2. The SMILES string of the molecule is COC(=O)C(ON=C(C(=O)O)c1csc(N)n1)(c1ccccc1)c1ccccc1. The van der Waals surface area contributed by atoms with Crippen molar-refractivity contribution in [1.29, 1.82) is 0 Å². The highest BCUT2D eigenvalue weighted by molar-refractivity contribution is 7.13. The largest absolute Gasteiger partial charge is 0.476 e. The average molecular weight is 411 g/mol. The third kappa shape index (κ3) is 3.94. The summed E-state index contributed by atoms with van der Waals surface area (Å²) in [6, 6.07) is 17.1. The average Bonchev–Trinajstić information content (AvgIpc) is 3.17. The van der Waals surface area contributed by atoms with Crippen molar-refractivity contribution in [2.75, 3.05) is 12.8 Å². The van der Waals surface area contributed by atoms with Crippen LogP contribution in [0.1, 0.15) is 16.8 Å². The van der Waals surface area contributed by atoms with Crippen LogP contribution in [0.25, 0.3) is 0 Å². The lowest BCUT2D eigenvalue weighted by Crippen LogP contribution is -2.40. The second kappa shape index (κ2) is 8.53. The van der Waals surface area contributed by atoms with E-state index in [1.807, 2.05) is 0 Å². The smallest absolute Gasteiger partial charge is 0.362 e. The summed E-state index contributed by atoms with van der Waals surface area (Å²) in [7, 11) is 1.22. The van der Waals surface area contributed by atoms with Crippen molar-refractivity contribution in [3.63, 3.8) is 0 Å². The molecule has 0 radical (unpaired) electrons. The Labute approximate surface area is 170 Å². The van der Waals surface area contributed by atoms with Crippen LogP contribution in [0.4, 0.5) is 5.13 Å². The highest BCUT2D eigenvalue weighted by Crippen LogP contribution is 2.35. The minimum absolute atomic E-state index is 0.0277. The van der Waals surface area contributed by atoms with Crippen LogP contribution in [0, 0.1) is 0 Å². The van der Waals surface area contributed by atoms with Crippen molar-refractivity contribution in [3.8, 4) is 0 Å². The number of hydrogen-bond donors (Lipinski definition) is 2. The van der Waals surface area contributed by atoms with Gasteiger partial charge in [0.1, 0.15) is 5.69 Å². The Kier molecular flexibility index (Phi) is 5.89. The number of hydrogen-bond acceptors (Lipinski definition) is 8. The van der Waals surface area contributed by atoms with Crippen LogP contribution in [0.3, 0.4) is 0 Å². The predicted octanol–water partition coefficient (Wildman–Crippen LogP) is 2.65. The number of carboxylic acids is 1. The standard InChI is InChI=1S/C20H17N3O5S/c1-27-18(26)20(13-8-4-2-5-9-13,14-10-6-3-7-11-14)28-23-16(17(24)25)15-12-29-19(21)22-15/h2-12H,1H3,(H2,21,22)(H,24,25). The summed E-state index contributed by atoms with van der Waals surface area (Å²) < 4.78 is 5.01. The molecule has 0 bridgehead atoms. The number of carbonyl (C=O) groups excluding carboxylic acids is 1. The highest BCUT2D eigenvalue weighted by Gasteiger charge is 2.47. The quantitative estimate of drug-likeness (QED) is 0.348. The Morgan fingerprint density at radius 3 is 2.03 bits per heavy atom. The van der Waals surface area contributed by atoms with Crippen molar-refractivity contribution < 1.29 is 24.3 Å². The van der Waals surface area contributed by atoms with Crippen LogP contribution < -0.4 is 5.73 Å². The molecular weight excluding hydrogens is 394 g/mol. The van der Waals surface area contributed by atoms with Gasteiger partial charge in [0.2, 0.25) is 5.71 Å². The van der Waals surface area contributed by atoms with E-state index in [1.54, 1.807) is 60.7 Å². The molecule has 0 fully saturated rings. The fourth-order valence-corrected chi connectivity index (χ4v) is 3.29. The monoisotopic (exact) mass is 411 g/mol. The molecule has 29 heavy (non-hydrogen) atoms. The molecule has 0 amide bonds. The summed E-state index contributed by atoms with van der Waals surface area (Å²) >= 11 is 1.06. The van der Waals surface area contributed by atoms with E-state index >= 15 is 0 Å². The first kappa shape index (κ1) is 20.0. The fraction of sp³-hybridized carbons (Fsp3) is 0.100. The summed E-state index contributed by atoms with van der Waals surface area (Å²) in [6.45, 7) is 0. The number of anilines is 1. The lowest BCUT2D eigenvalue weighted by atomic mass is 9.86. The van der Waals surface area contributed by atoms with Crippen LogP contribution in [0.15, 0.2) is 71.2 Å². The van der Waals surface area contributed by atoms with E-state index < -0.39 is 23.3 Å². The van der Waals surface area contributed by atoms with E-state index in [-0.39, 0.29) is 10.8 Å². The van der Waals surface area contributed by atoms with Crippen LogP contribution in [-0.4, -0.2) is 34.9 Å². The number of carbonyl (C=O) groups is 2. The van der Waals surface area contributed by atoms with Gasteiger partial charge in [0.15, 0.2) is 5.13 Å². The molecule has 1 heterocycles. The molecule has 148 valence electrons. The normalized spacial score (nSPS) is 11.7. The van der Waals surface area contributed by atoms with Gasteiger partial charge in [0.25, 0.3) is 5.60 Å². The molecule has 3 aromatic rings. The molecule has 2 aromatic carbocycles. The first-order chi connectivity index (χ1) is 14.0. The maximum absolute atomic E-state index is 13.0. The molecule has 0 aliphatic rings. The molecule has 0 aliphatic carbocycles. The van der Waals surface area contributed by atoms with Crippen LogP contribution in [-0.2, 0) is 24.8 Å². The minimum atomic E-state index is -1.82. The number of oxime groups is 1. The molecule has 1 aromatic heterocycles. The Morgan fingerprint density at radius 1 is 1.07 bits per heavy atom. The molecule has 0 spiro atoms. The molecule has 0 atom stereocenters. The molecule has 0 unspecified atom stereocenters. The second-order valence-electron chi connectivity index (χ2n) is 5.81. The van der Waals surface area contributed by atoms with E-state index in [0.717, 1.165) is 11.3 Å². The van der Waals surface area contributed by atoms with Gasteiger partial charge >= 0.3 is 11.9 Å². The minimum Gasteiger partial charge on any atom is -0.476 e. The topological polar surface area (TPSA) is 124 Å². The van der Waals surface area contributed by atoms with Gasteiger partial charge in [-0.1, -0.05) is 65.8 Å². The van der Waals surface area contributed by atoms with Crippen LogP contribution in [0.5, 0.6) is 0 Å². The van der Waals surface area contributed by atoms with Gasteiger partial charge in [-0.2, -0.15) is 0 Å². The number of nitrogen functional groups attached to an aromatic ring is 1. The number of aromatic nitrogens is 1. The summed E-state index contributed by atoms with van der Waals surface area (Å²) in [4.78, 5) is 34.3. The summed E-state index contributed by atoms with van der Waals surface area (Å²) in [5.74, 6) is -2.14. The third-order valence-corrected chi connectivity index (χ3v) is 4.75. The third-order valence-electron chi connectivity index (χ3n) is 4.07. The number of methoxy groups -OCH3 is 1. The number of esters is 1. The Balaban J connectivity index is 2.19. The van der Waals surface area contributed by atoms with Crippen LogP contribution in [0.2, 0.25) is 0 Å². The zero-order valence-corrected chi connectivity index (χ0v) is 16.1. The zero-order chi connectivity index (χ0) is 20.9. The van der Waals surface area contributed by atoms with E-state index in [4.69, 9.17) is 15.3 Å². The van der Waals surface area contributed by atoms with E-state index in [9.17, 15) is 14.7 Å². The van der Waals surface area contributed by atoms with Gasteiger partial charge in [-0.05, 0) is 0 Å². The molecule has 0 saturated heterocycles. The highest BCUT2D eigenvalue weighted by atomic mass is 32.1. The van der Waals surface area contributed by atoms with E-state index in [1.165, 1.54) is 12.5 Å². The number of rotatable bonds is 7. The van der Waals surface area contributed by atoms with Gasteiger partial charge < -0.3 is 20.4 Å². The van der Waals surface area contributed by atoms with Gasteiger partial charge in [-0.25, -0.2) is 14.6 Å². The summed E-state index contributed by atoms with van der Waals surface area (Å²) in [6.07, 6.45) is 0. The Morgan fingerprint density at radius 2 is 1.62 bits per heavy atom. The van der Waals surface area contributed by atoms with Gasteiger partial charge in [0, 0.05) is 16.5 Å². The van der Waals surface area contributed by atoms with Gasteiger partial charge in [-0.15, -0.1) is 11.3 Å². The van der Waals surface area contributed by atoms with E-state index in [2.05, 4.69) is 10.1 Å². The van der Waals surface area contributed by atoms with E-state index in [0.29, 0.717) is 11.1 Å². The molecule has 3 N–H and O–H groups in total. The Bertz CT molecular complexity index is 995. The molecule has 0 saturated carbocycles. The maximum atomic E-state index is 13.0. The molecule has 3 rings (SSSR count). The Hall–Kier alpha value is -3.72. The maximum Gasteiger partial charge on any atom is 0.362 e.